The minimum absolute atomic E-state index is 0.0175. The molecule has 2 amide bonds. The third-order valence-electron chi connectivity index (χ3n) is 3.28. The predicted molar refractivity (Wildman–Crippen MR) is 69.3 cm³/mol. The molecule has 2 atom stereocenters. The molecule has 0 aromatic carbocycles. The number of hydrogen-bond donors (Lipinski definition) is 2. The minimum atomic E-state index is -0.396. The molecule has 6 heteroatoms. The number of hydrogen-bond acceptors (Lipinski definition) is 4. The van der Waals surface area contributed by atoms with E-state index in [-0.39, 0.29) is 17.9 Å². The summed E-state index contributed by atoms with van der Waals surface area (Å²) in [6, 6.07) is 3.29. The van der Waals surface area contributed by atoms with Gasteiger partial charge in [-0.05, 0) is 32.6 Å². The van der Waals surface area contributed by atoms with Crippen LogP contribution in [-0.2, 0) is 9.59 Å². The molecule has 1 aliphatic rings. The zero-order valence-electron chi connectivity index (χ0n) is 11.2. The predicted octanol–water partition coefficient (Wildman–Crippen LogP) is 0.277. The topological polar surface area (TPSA) is 74.6 Å². The first-order chi connectivity index (χ1) is 9.08. The van der Waals surface area contributed by atoms with Crippen molar-refractivity contribution in [2.24, 2.45) is 0 Å². The summed E-state index contributed by atoms with van der Waals surface area (Å²) in [7, 11) is 3.85. The summed E-state index contributed by atoms with van der Waals surface area (Å²) in [6.07, 6.45) is 2.61. The summed E-state index contributed by atoms with van der Waals surface area (Å²) in [4.78, 5) is 25.0. The number of carbonyl (C=O) groups is 2. The van der Waals surface area contributed by atoms with Crippen LogP contribution in [0, 0.1) is 0 Å². The number of likely N-dealkylation sites (N-methyl/N-ethyl adjacent to an activating group) is 1. The monoisotopic (exact) mass is 265 g/mol. The van der Waals surface area contributed by atoms with Gasteiger partial charge in [0.2, 0.25) is 11.8 Å². The van der Waals surface area contributed by atoms with Crippen LogP contribution in [0.1, 0.15) is 24.6 Å². The summed E-state index contributed by atoms with van der Waals surface area (Å²) in [5.41, 5.74) is 0. The van der Waals surface area contributed by atoms with E-state index in [2.05, 4.69) is 10.6 Å². The van der Waals surface area contributed by atoms with Gasteiger partial charge in [-0.1, -0.05) is 0 Å². The lowest BCUT2D eigenvalue weighted by Gasteiger charge is -2.23. The van der Waals surface area contributed by atoms with Gasteiger partial charge in [0.25, 0.3) is 0 Å². The maximum Gasteiger partial charge on any atom is 0.242 e. The third kappa shape index (κ3) is 3.35. The Morgan fingerprint density at radius 1 is 1.63 bits per heavy atom. The van der Waals surface area contributed by atoms with Crippen LogP contribution in [0.3, 0.4) is 0 Å². The fourth-order valence-corrected chi connectivity index (χ4v) is 2.15. The Labute approximate surface area is 112 Å². The van der Waals surface area contributed by atoms with E-state index >= 15 is 0 Å². The van der Waals surface area contributed by atoms with Crippen molar-refractivity contribution in [1.29, 1.82) is 0 Å². The van der Waals surface area contributed by atoms with Gasteiger partial charge in [-0.15, -0.1) is 0 Å². The number of carbonyl (C=O) groups excluding carboxylic acids is 2. The zero-order chi connectivity index (χ0) is 13.8. The van der Waals surface area contributed by atoms with Crippen LogP contribution < -0.4 is 10.6 Å². The molecule has 0 aliphatic carbocycles. The maximum absolute atomic E-state index is 11.9. The zero-order valence-corrected chi connectivity index (χ0v) is 11.2. The van der Waals surface area contributed by atoms with Crippen molar-refractivity contribution in [2.45, 2.75) is 24.9 Å². The number of amides is 2. The molecule has 0 radical (unpaired) electrons. The normalized spacial score (nSPS) is 20.4. The average molecular weight is 265 g/mol. The summed E-state index contributed by atoms with van der Waals surface area (Å²) in [5, 5.41) is 5.51. The van der Waals surface area contributed by atoms with Crippen LogP contribution in [0.15, 0.2) is 22.8 Å². The number of nitrogens with zero attached hydrogens (tertiary/aromatic N) is 1. The van der Waals surface area contributed by atoms with Crippen molar-refractivity contribution >= 4 is 11.8 Å². The van der Waals surface area contributed by atoms with Gasteiger partial charge in [-0.3, -0.25) is 14.5 Å². The SMILES string of the molecule is CN(C)C(CNC(=O)C1CCC(=O)N1)c1ccco1. The van der Waals surface area contributed by atoms with E-state index in [0.29, 0.717) is 19.4 Å². The second-order valence-corrected chi connectivity index (χ2v) is 4.90. The summed E-state index contributed by atoms with van der Waals surface area (Å²) >= 11 is 0. The van der Waals surface area contributed by atoms with Crippen molar-refractivity contribution in [2.75, 3.05) is 20.6 Å². The highest BCUT2D eigenvalue weighted by molar-refractivity contribution is 5.90. The standard InChI is InChI=1S/C13H19N3O3/c1-16(2)10(11-4-3-7-19-11)8-14-13(18)9-5-6-12(17)15-9/h3-4,7,9-10H,5-6,8H2,1-2H3,(H,14,18)(H,15,17). The molecule has 19 heavy (non-hydrogen) atoms. The van der Waals surface area contributed by atoms with Crippen molar-refractivity contribution in [3.8, 4) is 0 Å². The molecule has 2 heterocycles. The molecule has 1 aliphatic heterocycles. The van der Waals surface area contributed by atoms with Crippen LogP contribution in [0.4, 0.5) is 0 Å². The van der Waals surface area contributed by atoms with E-state index in [1.807, 2.05) is 31.1 Å². The van der Waals surface area contributed by atoms with Crippen LogP contribution >= 0.6 is 0 Å². The maximum atomic E-state index is 11.9. The first-order valence-electron chi connectivity index (χ1n) is 6.35. The number of furan rings is 1. The molecule has 0 saturated carbocycles. The lowest BCUT2D eigenvalue weighted by Crippen LogP contribution is -2.44. The molecule has 0 bridgehead atoms. The van der Waals surface area contributed by atoms with E-state index in [1.165, 1.54) is 0 Å². The molecule has 1 aromatic heterocycles. The highest BCUT2D eigenvalue weighted by Crippen LogP contribution is 2.17. The molecule has 2 unspecified atom stereocenters. The van der Waals surface area contributed by atoms with Gasteiger partial charge in [-0.25, -0.2) is 0 Å². The van der Waals surface area contributed by atoms with Gasteiger partial charge in [0.15, 0.2) is 0 Å². The van der Waals surface area contributed by atoms with Crippen LogP contribution in [0.5, 0.6) is 0 Å². The Bertz CT molecular complexity index is 442. The van der Waals surface area contributed by atoms with Crippen molar-refractivity contribution in [3.63, 3.8) is 0 Å². The van der Waals surface area contributed by atoms with Gasteiger partial charge in [-0.2, -0.15) is 0 Å². The van der Waals surface area contributed by atoms with E-state index in [0.717, 1.165) is 5.76 Å². The van der Waals surface area contributed by atoms with Crippen LogP contribution in [-0.4, -0.2) is 43.4 Å². The van der Waals surface area contributed by atoms with Gasteiger partial charge < -0.3 is 15.1 Å². The lowest BCUT2D eigenvalue weighted by molar-refractivity contribution is -0.125. The van der Waals surface area contributed by atoms with Gasteiger partial charge in [0.1, 0.15) is 11.8 Å². The molecule has 2 rings (SSSR count). The van der Waals surface area contributed by atoms with Crippen molar-refractivity contribution < 1.29 is 14.0 Å². The van der Waals surface area contributed by atoms with Crippen LogP contribution in [0.2, 0.25) is 0 Å². The first kappa shape index (κ1) is 13.6. The Morgan fingerprint density at radius 2 is 2.42 bits per heavy atom. The highest BCUT2D eigenvalue weighted by atomic mass is 16.3. The molecular weight excluding hydrogens is 246 g/mol. The molecule has 1 aromatic rings. The second kappa shape index (κ2) is 5.88. The van der Waals surface area contributed by atoms with Crippen molar-refractivity contribution in [1.82, 2.24) is 15.5 Å². The Morgan fingerprint density at radius 3 is 2.95 bits per heavy atom. The Balaban J connectivity index is 1.89. The second-order valence-electron chi connectivity index (χ2n) is 4.90. The van der Waals surface area contributed by atoms with Crippen LogP contribution in [0.25, 0.3) is 0 Å². The molecule has 0 spiro atoms. The smallest absolute Gasteiger partial charge is 0.242 e. The van der Waals surface area contributed by atoms with Gasteiger partial charge in [0.05, 0.1) is 12.3 Å². The largest absolute Gasteiger partial charge is 0.468 e. The van der Waals surface area contributed by atoms with E-state index < -0.39 is 6.04 Å². The van der Waals surface area contributed by atoms with Crippen molar-refractivity contribution in [3.05, 3.63) is 24.2 Å². The van der Waals surface area contributed by atoms with E-state index in [4.69, 9.17) is 4.42 Å². The summed E-state index contributed by atoms with van der Waals surface area (Å²) in [5.74, 6) is 0.611. The minimum Gasteiger partial charge on any atom is -0.468 e. The fourth-order valence-electron chi connectivity index (χ4n) is 2.15. The van der Waals surface area contributed by atoms with E-state index in [9.17, 15) is 9.59 Å². The van der Waals surface area contributed by atoms with Gasteiger partial charge >= 0.3 is 0 Å². The molecular formula is C13H19N3O3. The summed E-state index contributed by atoms with van der Waals surface area (Å²) in [6.45, 7) is 0.450. The summed E-state index contributed by atoms with van der Waals surface area (Å²) < 4.78 is 5.37. The molecule has 1 saturated heterocycles. The molecule has 1 fully saturated rings. The number of rotatable bonds is 5. The first-order valence-corrected chi connectivity index (χ1v) is 6.35. The van der Waals surface area contributed by atoms with Gasteiger partial charge in [0, 0.05) is 13.0 Å². The Hall–Kier alpha value is -1.82. The average Bonchev–Trinajstić information content (AvgIpc) is 3.00. The lowest BCUT2D eigenvalue weighted by atomic mass is 10.2. The third-order valence-corrected chi connectivity index (χ3v) is 3.28. The highest BCUT2D eigenvalue weighted by Gasteiger charge is 2.28. The molecule has 104 valence electrons. The quantitative estimate of drug-likeness (QED) is 0.802. The fraction of sp³-hybridized carbons (Fsp3) is 0.538. The Kier molecular flexibility index (Phi) is 4.21. The molecule has 6 nitrogen and oxygen atoms in total. The van der Waals surface area contributed by atoms with E-state index in [1.54, 1.807) is 6.26 Å². The number of nitrogens with one attached hydrogen (secondary N) is 2. The molecule has 2 N–H and O–H groups in total.